The zero-order chi connectivity index (χ0) is 13.8. The van der Waals surface area contributed by atoms with Crippen molar-refractivity contribution in [3.8, 4) is 0 Å². The van der Waals surface area contributed by atoms with E-state index in [1.165, 1.54) is 21.1 Å². The highest BCUT2D eigenvalue weighted by Crippen LogP contribution is 2.26. The molecule has 0 fully saturated rings. The average molecular weight is 295 g/mol. The minimum Gasteiger partial charge on any atom is -0.301 e. The summed E-state index contributed by atoms with van der Waals surface area (Å²) in [6.45, 7) is 4.57. The zero-order valence-electron chi connectivity index (χ0n) is 11.2. The van der Waals surface area contributed by atoms with E-state index in [0.29, 0.717) is 11.7 Å². The van der Waals surface area contributed by atoms with Crippen molar-refractivity contribution < 1.29 is 4.79 Å². The monoisotopic (exact) mass is 295 g/mol. The number of nitrogens with one attached hydrogen (secondary N) is 1. The van der Waals surface area contributed by atoms with E-state index in [1.54, 1.807) is 17.5 Å². The van der Waals surface area contributed by atoms with Crippen LogP contribution in [0.5, 0.6) is 0 Å². The molecular formula is C13H17N3OS2. The molecule has 19 heavy (non-hydrogen) atoms. The summed E-state index contributed by atoms with van der Waals surface area (Å²) < 4.78 is 0. The van der Waals surface area contributed by atoms with Crippen molar-refractivity contribution in [1.29, 1.82) is 0 Å². The van der Waals surface area contributed by atoms with Gasteiger partial charge in [-0.25, -0.2) is 4.98 Å². The van der Waals surface area contributed by atoms with E-state index >= 15 is 0 Å². The van der Waals surface area contributed by atoms with Crippen LogP contribution >= 0.6 is 22.7 Å². The summed E-state index contributed by atoms with van der Waals surface area (Å²) >= 11 is 3.20. The van der Waals surface area contributed by atoms with Crippen LogP contribution in [0.1, 0.15) is 22.7 Å². The maximum atomic E-state index is 11.9. The van der Waals surface area contributed by atoms with E-state index in [9.17, 15) is 4.79 Å². The van der Waals surface area contributed by atoms with E-state index in [4.69, 9.17) is 0 Å². The summed E-state index contributed by atoms with van der Waals surface area (Å²) in [6.07, 6.45) is 1.68. The minimum absolute atomic E-state index is 0.0300. The predicted octanol–water partition coefficient (Wildman–Crippen LogP) is 3.14. The van der Waals surface area contributed by atoms with Gasteiger partial charge in [-0.2, -0.15) is 0 Å². The van der Waals surface area contributed by atoms with Gasteiger partial charge in [0.2, 0.25) is 5.91 Å². The number of likely N-dealkylation sites (N-methyl/N-ethyl adjacent to an activating group) is 1. The summed E-state index contributed by atoms with van der Waals surface area (Å²) in [5.74, 6) is -0.0300. The van der Waals surface area contributed by atoms with Gasteiger partial charge in [-0.3, -0.25) is 9.69 Å². The molecule has 0 radical (unpaired) electrons. The molecule has 1 atom stereocenters. The van der Waals surface area contributed by atoms with Crippen LogP contribution in [-0.2, 0) is 4.79 Å². The van der Waals surface area contributed by atoms with Crippen LogP contribution in [0, 0.1) is 6.92 Å². The summed E-state index contributed by atoms with van der Waals surface area (Å²) in [4.78, 5) is 20.5. The lowest BCUT2D eigenvalue weighted by Crippen LogP contribution is -2.31. The Balaban J connectivity index is 1.89. The number of nitrogens with zero attached hydrogens (tertiary/aromatic N) is 2. The fourth-order valence-electron chi connectivity index (χ4n) is 1.70. The normalized spacial score (nSPS) is 12.6. The molecule has 0 saturated heterocycles. The SMILES string of the molecule is Cc1ccc([C@H](C)N(C)CC(=O)Nc2nccs2)s1. The van der Waals surface area contributed by atoms with E-state index < -0.39 is 0 Å². The molecule has 2 aromatic heterocycles. The second kappa shape index (κ2) is 6.27. The molecule has 2 heterocycles. The van der Waals surface area contributed by atoms with Crippen molar-refractivity contribution in [2.45, 2.75) is 19.9 Å². The first-order chi connectivity index (χ1) is 9.06. The second-order valence-corrected chi connectivity index (χ2v) is 6.64. The Bertz CT molecular complexity index is 536. The number of hydrogen-bond acceptors (Lipinski definition) is 5. The summed E-state index contributed by atoms with van der Waals surface area (Å²) in [6, 6.07) is 4.47. The molecule has 0 aliphatic rings. The number of anilines is 1. The third kappa shape index (κ3) is 3.86. The molecule has 0 spiro atoms. The van der Waals surface area contributed by atoms with Crippen molar-refractivity contribution >= 4 is 33.7 Å². The maximum absolute atomic E-state index is 11.9. The van der Waals surface area contributed by atoms with Gasteiger partial charge in [0.1, 0.15) is 0 Å². The molecule has 0 unspecified atom stereocenters. The van der Waals surface area contributed by atoms with Gasteiger partial charge in [-0.05, 0) is 33.0 Å². The number of hydrogen-bond donors (Lipinski definition) is 1. The molecule has 0 aliphatic heterocycles. The van der Waals surface area contributed by atoms with Crippen LogP contribution in [0.3, 0.4) is 0 Å². The molecule has 4 nitrogen and oxygen atoms in total. The number of rotatable bonds is 5. The van der Waals surface area contributed by atoms with E-state index in [0.717, 1.165) is 0 Å². The van der Waals surface area contributed by atoms with Gasteiger partial charge in [0.25, 0.3) is 0 Å². The summed E-state index contributed by atoms with van der Waals surface area (Å²) in [7, 11) is 1.96. The van der Waals surface area contributed by atoms with Gasteiger partial charge >= 0.3 is 0 Å². The lowest BCUT2D eigenvalue weighted by Gasteiger charge is -2.22. The molecule has 0 aromatic carbocycles. The molecule has 0 saturated carbocycles. The fraction of sp³-hybridized carbons (Fsp3) is 0.385. The topological polar surface area (TPSA) is 45.2 Å². The molecule has 6 heteroatoms. The fourth-order valence-corrected chi connectivity index (χ4v) is 3.24. The quantitative estimate of drug-likeness (QED) is 0.921. The number of carbonyl (C=O) groups excluding carboxylic acids is 1. The predicted molar refractivity (Wildman–Crippen MR) is 80.8 cm³/mol. The average Bonchev–Trinajstić information content (AvgIpc) is 2.99. The summed E-state index contributed by atoms with van der Waals surface area (Å²) in [5, 5.41) is 5.29. The van der Waals surface area contributed by atoms with Crippen molar-refractivity contribution in [3.63, 3.8) is 0 Å². The Morgan fingerprint density at radius 1 is 1.53 bits per heavy atom. The Kier molecular flexibility index (Phi) is 4.68. The number of carbonyl (C=O) groups is 1. The van der Waals surface area contributed by atoms with Crippen LogP contribution in [0.25, 0.3) is 0 Å². The molecule has 0 bridgehead atoms. The van der Waals surface area contributed by atoms with Crippen LogP contribution < -0.4 is 5.32 Å². The number of aromatic nitrogens is 1. The lowest BCUT2D eigenvalue weighted by atomic mass is 10.2. The Labute approximate surface area is 121 Å². The minimum atomic E-state index is -0.0300. The van der Waals surface area contributed by atoms with Crippen LogP contribution in [0.2, 0.25) is 0 Å². The van der Waals surface area contributed by atoms with Crippen LogP contribution in [0.15, 0.2) is 23.7 Å². The van der Waals surface area contributed by atoms with Crippen molar-refractivity contribution in [2.75, 3.05) is 18.9 Å². The molecule has 1 N–H and O–H groups in total. The number of aryl methyl sites for hydroxylation is 1. The van der Waals surface area contributed by atoms with Gasteiger partial charge in [-0.1, -0.05) is 0 Å². The van der Waals surface area contributed by atoms with E-state index in [1.807, 2.05) is 17.3 Å². The van der Waals surface area contributed by atoms with Crippen molar-refractivity contribution in [1.82, 2.24) is 9.88 Å². The Hall–Kier alpha value is -1.24. The lowest BCUT2D eigenvalue weighted by molar-refractivity contribution is -0.117. The number of amides is 1. The first-order valence-electron chi connectivity index (χ1n) is 6.02. The highest BCUT2D eigenvalue weighted by Gasteiger charge is 2.16. The Morgan fingerprint density at radius 2 is 2.32 bits per heavy atom. The number of thiophene rings is 1. The van der Waals surface area contributed by atoms with E-state index in [2.05, 4.69) is 36.3 Å². The standard InChI is InChI=1S/C13H17N3OS2/c1-9-4-5-11(19-9)10(2)16(3)8-12(17)15-13-14-6-7-18-13/h4-7,10H,8H2,1-3H3,(H,14,15,17)/t10-/m0/s1. The summed E-state index contributed by atoms with van der Waals surface area (Å²) in [5.41, 5.74) is 0. The second-order valence-electron chi connectivity index (χ2n) is 4.42. The van der Waals surface area contributed by atoms with Gasteiger partial charge in [0, 0.05) is 27.4 Å². The third-order valence-corrected chi connectivity index (χ3v) is 4.77. The molecular weight excluding hydrogens is 278 g/mol. The maximum Gasteiger partial charge on any atom is 0.240 e. The smallest absolute Gasteiger partial charge is 0.240 e. The highest BCUT2D eigenvalue weighted by molar-refractivity contribution is 7.13. The van der Waals surface area contributed by atoms with Gasteiger partial charge < -0.3 is 5.32 Å². The highest BCUT2D eigenvalue weighted by atomic mass is 32.1. The molecule has 1 amide bonds. The van der Waals surface area contributed by atoms with Gasteiger partial charge in [0.05, 0.1) is 6.54 Å². The van der Waals surface area contributed by atoms with Gasteiger partial charge in [0.15, 0.2) is 5.13 Å². The van der Waals surface area contributed by atoms with E-state index in [-0.39, 0.29) is 11.9 Å². The zero-order valence-corrected chi connectivity index (χ0v) is 12.8. The van der Waals surface area contributed by atoms with Crippen molar-refractivity contribution in [3.05, 3.63) is 33.5 Å². The number of thiazole rings is 1. The first kappa shape index (κ1) is 14.2. The molecule has 102 valence electrons. The molecule has 0 aliphatic carbocycles. The molecule has 2 aromatic rings. The molecule has 2 rings (SSSR count). The largest absolute Gasteiger partial charge is 0.301 e. The van der Waals surface area contributed by atoms with Crippen molar-refractivity contribution in [2.24, 2.45) is 0 Å². The van der Waals surface area contributed by atoms with Crippen LogP contribution in [-0.4, -0.2) is 29.4 Å². The first-order valence-corrected chi connectivity index (χ1v) is 7.72. The van der Waals surface area contributed by atoms with Gasteiger partial charge in [-0.15, -0.1) is 22.7 Å². The van der Waals surface area contributed by atoms with Crippen LogP contribution in [0.4, 0.5) is 5.13 Å². The third-order valence-electron chi connectivity index (χ3n) is 2.91. The Morgan fingerprint density at radius 3 is 2.89 bits per heavy atom.